The van der Waals surface area contributed by atoms with Crippen molar-refractivity contribution in [1.82, 2.24) is 10.3 Å². The topological polar surface area (TPSA) is 171 Å². The quantitative estimate of drug-likeness (QED) is 0.223. The summed E-state index contributed by atoms with van der Waals surface area (Å²) < 4.78 is 50.0. The number of rotatable bonds is 13. The number of alkyl halides is 4. The van der Waals surface area contributed by atoms with Gasteiger partial charge in [-0.25, -0.2) is 4.79 Å². The summed E-state index contributed by atoms with van der Waals surface area (Å²) in [6, 6.07) is 7.42. The maximum atomic E-state index is 12.6. The Morgan fingerprint density at radius 3 is 1.77 bits per heavy atom. The van der Waals surface area contributed by atoms with E-state index < -0.39 is 35.5 Å². The number of carboxylic acid groups (broad SMARTS) is 2. The molecule has 0 aliphatic carbocycles. The van der Waals surface area contributed by atoms with Crippen LogP contribution in [0.1, 0.15) is 71.2 Å². The highest BCUT2D eigenvalue weighted by molar-refractivity contribution is 5.98. The molecule has 0 spiro atoms. The number of aliphatic carboxylic acids is 2. The van der Waals surface area contributed by atoms with E-state index in [0.717, 1.165) is 24.8 Å². The zero-order chi connectivity index (χ0) is 33.7. The first-order valence-corrected chi connectivity index (χ1v) is 13.3. The number of halogens is 4. The molecule has 0 unspecified atom stereocenters. The van der Waals surface area contributed by atoms with Gasteiger partial charge in [0.05, 0.1) is 6.42 Å². The van der Waals surface area contributed by atoms with Crippen LogP contribution >= 0.6 is 0 Å². The van der Waals surface area contributed by atoms with Crippen LogP contribution in [0.3, 0.4) is 0 Å². The summed E-state index contributed by atoms with van der Waals surface area (Å²) in [6.07, 6.45) is 2.34. The van der Waals surface area contributed by atoms with Crippen molar-refractivity contribution in [2.24, 2.45) is 17.8 Å². The number of Topliss-reactive ketones (excluding diaryl/α,β-unsaturated/α-hetero) is 3. The molecule has 1 amide bonds. The first kappa shape index (κ1) is 38.9. The van der Waals surface area contributed by atoms with Crippen LogP contribution in [0.15, 0.2) is 30.5 Å². The van der Waals surface area contributed by atoms with Gasteiger partial charge in [-0.2, -0.15) is 17.6 Å². The highest BCUT2D eigenvalue weighted by atomic mass is 19.3. The molecule has 2 rings (SSSR count). The number of benzene rings is 1. The number of amides is 1. The fourth-order valence-corrected chi connectivity index (χ4v) is 3.05. The summed E-state index contributed by atoms with van der Waals surface area (Å²) in [5.41, 5.74) is 1.62. The van der Waals surface area contributed by atoms with E-state index in [1.807, 2.05) is 38.2 Å². The van der Waals surface area contributed by atoms with Crippen molar-refractivity contribution in [2.75, 3.05) is 6.54 Å². The molecule has 0 aliphatic heterocycles. The van der Waals surface area contributed by atoms with E-state index in [2.05, 4.69) is 10.3 Å². The average Bonchev–Trinajstić information content (AvgIpc) is 3.39. The molecule has 2 aromatic rings. The van der Waals surface area contributed by atoms with Gasteiger partial charge in [-0.3, -0.25) is 24.0 Å². The van der Waals surface area contributed by atoms with E-state index >= 15 is 0 Å². The fourth-order valence-electron chi connectivity index (χ4n) is 3.05. The van der Waals surface area contributed by atoms with Gasteiger partial charge in [0.2, 0.25) is 5.78 Å². The molecular formula is C29H38F4N2O8. The highest BCUT2D eigenvalue weighted by Crippen LogP contribution is 2.37. The molecule has 4 N–H and O–H groups in total. The Kier molecular flexibility index (Phi) is 15.5. The number of carbonyl (C=O) groups is 6. The zero-order valence-corrected chi connectivity index (χ0v) is 24.8. The predicted octanol–water partition coefficient (Wildman–Crippen LogP) is 5.16. The third-order valence-electron chi connectivity index (χ3n) is 5.84. The molecule has 0 bridgehead atoms. The summed E-state index contributed by atoms with van der Waals surface area (Å²) in [4.78, 5) is 67.6. The summed E-state index contributed by atoms with van der Waals surface area (Å²) in [7, 11) is 0. The number of hydrogen-bond donors (Lipinski definition) is 4. The molecule has 0 atom stereocenters. The predicted molar refractivity (Wildman–Crippen MR) is 149 cm³/mol. The van der Waals surface area contributed by atoms with E-state index in [-0.39, 0.29) is 42.2 Å². The Labute approximate surface area is 246 Å². The lowest BCUT2D eigenvalue weighted by Gasteiger charge is -2.22. The second kappa shape index (κ2) is 17.1. The lowest BCUT2D eigenvalue weighted by atomic mass is 9.98. The lowest BCUT2D eigenvalue weighted by molar-refractivity contribution is -0.222. The molecule has 240 valence electrons. The van der Waals surface area contributed by atoms with Crippen molar-refractivity contribution in [3.63, 3.8) is 0 Å². The smallest absolute Gasteiger partial charge is 0.411 e. The summed E-state index contributed by atoms with van der Waals surface area (Å²) in [5.74, 6) is -17.9. The molecule has 10 nitrogen and oxygen atoms in total. The first-order chi connectivity index (χ1) is 19.7. The second-order valence-corrected chi connectivity index (χ2v) is 10.4. The molecule has 0 saturated heterocycles. The van der Waals surface area contributed by atoms with Gasteiger partial charge in [-0.05, 0) is 24.3 Å². The van der Waals surface area contributed by atoms with Gasteiger partial charge in [0, 0.05) is 59.8 Å². The number of hydrogen-bond acceptors (Lipinski definition) is 6. The number of ketones is 3. The minimum Gasteiger partial charge on any atom is -0.481 e. The molecule has 0 saturated carbocycles. The molecular weight excluding hydrogens is 580 g/mol. The second-order valence-electron chi connectivity index (χ2n) is 10.4. The molecule has 43 heavy (non-hydrogen) atoms. The largest absolute Gasteiger partial charge is 0.481 e. The first-order valence-electron chi connectivity index (χ1n) is 13.3. The number of H-pyrrole nitrogens is 1. The number of nitrogens with one attached hydrogen (secondary N) is 2. The number of carbonyl (C=O) groups excluding carboxylic acids is 4. The maximum Gasteiger partial charge on any atom is 0.411 e. The third kappa shape index (κ3) is 12.3. The van der Waals surface area contributed by atoms with Crippen LogP contribution in [0, 0.1) is 17.8 Å². The van der Waals surface area contributed by atoms with E-state index in [1.165, 1.54) is 0 Å². The molecule has 1 aromatic heterocycles. The Morgan fingerprint density at radius 1 is 0.767 bits per heavy atom. The van der Waals surface area contributed by atoms with Crippen LogP contribution in [-0.4, -0.2) is 68.8 Å². The van der Waals surface area contributed by atoms with Crippen LogP contribution in [0.25, 0.3) is 10.9 Å². The number of fused-ring (bicyclic) bond motifs is 1. The fraction of sp³-hybridized carbons (Fsp3) is 0.517. The van der Waals surface area contributed by atoms with Crippen molar-refractivity contribution < 1.29 is 56.5 Å². The van der Waals surface area contributed by atoms with Crippen LogP contribution in [0.2, 0.25) is 0 Å². The Balaban J connectivity index is 0.000000653. The minimum absolute atomic E-state index is 0.0161. The minimum atomic E-state index is -5.37. The summed E-state index contributed by atoms with van der Waals surface area (Å²) >= 11 is 0. The molecule has 0 fully saturated rings. The van der Waals surface area contributed by atoms with Crippen molar-refractivity contribution >= 4 is 46.1 Å². The molecule has 1 heterocycles. The lowest BCUT2D eigenvalue weighted by Crippen LogP contribution is -2.53. The van der Waals surface area contributed by atoms with Crippen molar-refractivity contribution in [3.05, 3.63) is 36.0 Å². The Bertz CT molecular complexity index is 1290. The van der Waals surface area contributed by atoms with Gasteiger partial charge in [-0.15, -0.1) is 0 Å². The standard InChI is InChI=1S/C15H18N2O2.C7H8F4O3.C7H12O3/c1-10(2)14(18)6-8-17-15(19)12-3-4-13-11(9-12)5-7-16-13;1-3(2)4(12)6(8,9)7(10,11)5(13)14;1-5(2)6(8)3-4-7(9)10/h3-5,7,9-10,16H,6,8H2,1-2H3,(H,17,19);3H,1-2H3,(H,13,14);5H,3-4H2,1-2H3,(H,9,10). The number of aromatic nitrogens is 1. The van der Waals surface area contributed by atoms with Gasteiger partial charge >= 0.3 is 23.8 Å². The summed E-state index contributed by atoms with van der Waals surface area (Å²) in [6.45, 7) is 9.62. The van der Waals surface area contributed by atoms with Gasteiger partial charge in [0.1, 0.15) is 11.6 Å². The zero-order valence-electron chi connectivity index (χ0n) is 24.8. The highest BCUT2D eigenvalue weighted by Gasteiger charge is 2.67. The van der Waals surface area contributed by atoms with Crippen LogP contribution in [0.5, 0.6) is 0 Å². The SMILES string of the molecule is CC(C)C(=O)C(F)(F)C(F)(F)C(=O)O.CC(C)C(=O)CCC(=O)O.CC(C)C(=O)CCNC(=O)c1ccc2[nH]ccc2c1. The van der Waals surface area contributed by atoms with E-state index in [1.54, 1.807) is 19.9 Å². The maximum absolute atomic E-state index is 12.6. The Hall–Kier alpha value is -4.10. The van der Waals surface area contributed by atoms with Gasteiger partial charge in [0.15, 0.2) is 0 Å². The van der Waals surface area contributed by atoms with E-state index in [4.69, 9.17) is 10.2 Å². The molecule has 0 aliphatic rings. The van der Waals surface area contributed by atoms with Gasteiger partial charge < -0.3 is 20.5 Å². The third-order valence-corrected chi connectivity index (χ3v) is 5.84. The number of carboxylic acids is 2. The van der Waals surface area contributed by atoms with E-state index in [9.17, 15) is 46.3 Å². The van der Waals surface area contributed by atoms with Crippen LogP contribution in [-0.2, 0) is 24.0 Å². The number of aromatic amines is 1. The van der Waals surface area contributed by atoms with Crippen LogP contribution in [0.4, 0.5) is 17.6 Å². The van der Waals surface area contributed by atoms with Crippen LogP contribution < -0.4 is 5.32 Å². The monoisotopic (exact) mass is 618 g/mol. The van der Waals surface area contributed by atoms with Crippen molar-refractivity contribution in [3.8, 4) is 0 Å². The summed E-state index contributed by atoms with van der Waals surface area (Å²) in [5, 5.41) is 19.8. The Morgan fingerprint density at radius 2 is 1.30 bits per heavy atom. The van der Waals surface area contributed by atoms with E-state index in [0.29, 0.717) is 18.5 Å². The average molecular weight is 619 g/mol. The normalized spacial score (nSPS) is 11.4. The molecule has 14 heteroatoms. The van der Waals surface area contributed by atoms with Crippen molar-refractivity contribution in [1.29, 1.82) is 0 Å². The van der Waals surface area contributed by atoms with Gasteiger partial charge in [-0.1, -0.05) is 41.5 Å². The molecule has 1 aromatic carbocycles. The molecule has 0 radical (unpaired) electrons. The van der Waals surface area contributed by atoms with Crippen molar-refractivity contribution in [2.45, 2.75) is 72.6 Å². The van der Waals surface area contributed by atoms with Gasteiger partial charge in [0.25, 0.3) is 5.91 Å².